The van der Waals surface area contributed by atoms with E-state index in [1.807, 2.05) is 0 Å². The summed E-state index contributed by atoms with van der Waals surface area (Å²) in [6.45, 7) is 0. The fourth-order valence-electron chi connectivity index (χ4n) is 2.03. The van der Waals surface area contributed by atoms with E-state index in [2.05, 4.69) is 20.6 Å². The number of nitrogens with one attached hydrogen (secondary N) is 2. The van der Waals surface area contributed by atoms with E-state index in [-0.39, 0.29) is 11.3 Å². The maximum atomic E-state index is 12.3. The molecule has 1 aromatic carbocycles. The molecule has 0 aliphatic heterocycles. The van der Waals surface area contributed by atoms with Crippen LogP contribution in [-0.4, -0.2) is 35.0 Å². The van der Waals surface area contributed by atoms with Crippen LogP contribution in [0.3, 0.4) is 0 Å². The largest absolute Gasteiger partial charge is 0.465 e. The number of anilines is 2. The molecule has 23 heavy (non-hydrogen) atoms. The minimum Gasteiger partial charge on any atom is -0.465 e. The van der Waals surface area contributed by atoms with Crippen molar-refractivity contribution >= 4 is 23.5 Å². The Kier molecular flexibility index (Phi) is 4.18. The molecule has 0 spiro atoms. The number of carbonyl (C=O) groups is 2. The van der Waals surface area contributed by atoms with Gasteiger partial charge in [0.15, 0.2) is 0 Å². The van der Waals surface area contributed by atoms with Gasteiger partial charge in [0, 0.05) is 12.2 Å². The van der Waals surface area contributed by atoms with Crippen molar-refractivity contribution in [1.82, 2.24) is 9.97 Å². The molecule has 7 heteroatoms. The summed E-state index contributed by atoms with van der Waals surface area (Å²) in [5.74, 6) is -0.497. The van der Waals surface area contributed by atoms with E-state index in [1.165, 1.54) is 19.4 Å². The Labute approximate surface area is 133 Å². The minimum absolute atomic E-state index is 0.225. The highest BCUT2D eigenvalue weighted by Gasteiger charge is 2.22. The van der Waals surface area contributed by atoms with Crippen LogP contribution in [0.25, 0.3) is 0 Å². The normalized spacial score (nSPS) is 13.3. The van der Waals surface area contributed by atoms with Crippen LogP contribution in [0.2, 0.25) is 0 Å². The average molecular weight is 312 g/mol. The Morgan fingerprint density at radius 1 is 1.22 bits per heavy atom. The maximum Gasteiger partial charge on any atom is 0.339 e. The zero-order valence-electron chi connectivity index (χ0n) is 12.6. The highest BCUT2D eigenvalue weighted by Crippen LogP contribution is 2.23. The van der Waals surface area contributed by atoms with Crippen molar-refractivity contribution in [2.24, 2.45) is 0 Å². The number of ether oxygens (including phenoxy) is 1. The Morgan fingerprint density at radius 2 is 2.00 bits per heavy atom. The summed E-state index contributed by atoms with van der Waals surface area (Å²) < 4.78 is 4.71. The highest BCUT2D eigenvalue weighted by molar-refractivity contribution is 6.07. The number of amides is 1. The summed E-state index contributed by atoms with van der Waals surface area (Å²) in [5, 5.41) is 5.82. The van der Waals surface area contributed by atoms with Crippen molar-refractivity contribution in [2.45, 2.75) is 18.9 Å². The van der Waals surface area contributed by atoms with Crippen LogP contribution in [0.5, 0.6) is 0 Å². The second-order valence-electron chi connectivity index (χ2n) is 5.18. The number of para-hydroxylation sites is 1. The summed E-state index contributed by atoms with van der Waals surface area (Å²) in [5.41, 5.74) is 0.885. The third-order valence-corrected chi connectivity index (χ3v) is 3.38. The van der Waals surface area contributed by atoms with Gasteiger partial charge in [-0.2, -0.15) is 0 Å². The van der Waals surface area contributed by atoms with Gasteiger partial charge in [0.2, 0.25) is 5.95 Å². The van der Waals surface area contributed by atoms with E-state index >= 15 is 0 Å². The van der Waals surface area contributed by atoms with Gasteiger partial charge in [0.25, 0.3) is 5.91 Å². The molecule has 1 aliphatic rings. The molecule has 118 valence electrons. The molecule has 1 amide bonds. The molecule has 0 unspecified atom stereocenters. The average Bonchev–Trinajstić information content (AvgIpc) is 3.39. The van der Waals surface area contributed by atoms with Gasteiger partial charge in [0.1, 0.15) is 5.69 Å². The van der Waals surface area contributed by atoms with Crippen LogP contribution in [-0.2, 0) is 4.74 Å². The minimum atomic E-state index is -0.514. The van der Waals surface area contributed by atoms with Crippen LogP contribution < -0.4 is 10.6 Å². The molecular formula is C16H16N4O3. The Morgan fingerprint density at radius 3 is 2.74 bits per heavy atom. The SMILES string of the molecule is COC(=O)c1ccccc1NC(=O)c1ccnc(NC2CC2)n1. The zero-order valence-corrected chi connectivity index (χ0v) is 12.6. The number of rotatable bonds is 5. The number of hydrogen-bond acceptors (Lipinski definition) is 6. The maximum absolute atomic E-state index is 12.3. The predicted octanol–water partition coefficient (Wildman–Crippen LogP) is 2.09. The summed E-state index contributed by atoms with van der Waals surface area (Å²) in [7, 11) is 1.29. The van der Waals surface area contributed by atoms with Crippen molar-refractivity contribution in [3.05, 3.63) is 47.8 Å². The first-order chi connectivity index (χ1) is 11.2. The molecule has 0 bridgehead atoms. The predicted molar refractivity (Wildman–Crippen MR) is 84.4 cm³/mol. The molecule has 0 atom stereocenters. The summed E-state index contributed by atoms with van der Waals surface area (Å²) in [4.78, 5) is 32.4. The smallest absolute Gasteiger partial charge is 0.339 e. The van der Waals surface area contributed by atoms with Crippen LogP contribution in [0.1, 0.15) is 33.7 Å². The van der Waals surface area contributed by atoms with Gasteiger partial charge in [0.05, 0.1) is 18.4 Å². The van der Waals surface area contributed by atoms with Crippen LogP contribution in [0.15, 0.2) is 36.5 Å². The van der Waals surface area contributed by atoms with Crippen molar-refractivity contribution in [2.75, 3.05) is 17.7 Å². The van der Waals surface area contributed by atoms with E-state index < -0.39 is 11.9 Å². The number of benzene rings is 1. The van der Waals surface area contributed by atoms with Gasteiger partial charge >= 0.3 is 5.97 Å². The highest BCUT2D eigenvalue weighted by atomic mass is 16.5. The van der Waals surface area contributed by atoms with Crippen LogP contribution in [0, 0.1) is 0 Å². The lowest BCUT2D eigenvalue weighted by Crippen LogP contribution is -2.18. The third-order valence-electron chi connectivity index (χ3n) is 3.38. The lowest BCUT2D eigenvalue weighted by Gasteiger charge is -2.10. The summed E-state index contributed by atoms with van der Waals surface area (Å²) in [6, 6.07) is 8.56. The monoisotopic (exact) mass is 312 g/mol. The summed E-state index contributed by atoms with van der Waals surface area (Å²) in [6.07, 6.45) is 3.71. The number of carbonyl (C=O) groups excluding carboxylic acids is 2. The van der Waals surface area contributed by atoms with Crippen molar-refractivity contribution in [1.29, 1.82) is 0 Å². The number of aromatic nitrogens is 2. The van der Waals surface area contributed by atoms with E-state index in [1.54, 1.807) is 24.3 Å². The van der Waals surface area contributed by atoms with Gasteiger partial charge in [-0.25, -0.2) is 14.8 Å². The quantitative estimate of drug-likeness (QED) is 0.821. The van der Waals surface area contributed by atoms with Gasteiger partial charge in [-0.1, -0.05) is 12.1 Å². The van der Waals surface area contributed by atoms with Crippen molar-refractivity contribution < 1.29 is 14.3 Å². The van der Waals surface area contributed by atoms with Crippen molar-refractivity contribution in [3.63, 3.8) is 0 Å². The fourth-order valence-corrected chi connectivity index (χ4v) is 2.03. The molecule has 7 nitrogen and oxygen atoms in total. The molecule has 1 aliphatic carbocycles. The van der Waals surface area contributed by atoms with Gasteiger partial charge in [-0.05, 0) is 31.0 Å². The Bertz CT molecular complexity index is 744. The number of nitrogens with zero attached hydrogens (tertiary/aromatic N) is 2. The lowest BCUT2D eigenvalue weighted by atomic mass is 10.1. The van der Waals surface area contributed by atoms with Crippen LogP contribution in [0.4, 0.5) is 11.6 Å². The topological polar surface area (TPSA) is 93.2 Å². The fraction of sp³-hybridized carbons (Fsp3) is 0.250. The first kappa shape index (κ1) is 15.0. The number of hydrogen-bond donors (Lipinski definition) is 2. The molecule has 2 aromatic rings. The first-order valence-corrected chi connectivity index (χ1v) is 7.25. The standard InChI is InChI=1S/C16H16N4O3/c1-23-15(22)11-4-2-3-5-12(11)19-14(21)13-8-9-17-16(20-13)18-10-6-7-10/h2-5,8-10H,6-7H2,1H3,(H,19,21)(H,17,18,20). The van der Waals surface area contributed by atoms with Gasteiger partial charge in [-0.3, -0.25) is 4.79 Å². The number of esters is 1. The second-order valence-corrected chi connectivity index (χ2v) is 5.18. The van der Waals surface area contributed by atoms with Crippen molar-refractivity contribution in [3.8, 4) is 0 Å². The number of methoxy groups -OCH3 is 1. The molecule has 0 saturated heterocycles. The molecule has 1 saturated carbocycles. The van der Waals surface area contributed by atoms with Crippen LogP contribution >= 0.6 is 0 Å². The van der Waals surface area contributed by atoms with Gasteiger partial charge in [-0.15, -0.1) is 0 Å². The molecule has 1 fully saturated rings. The lowest BCUT2D eigenvalue weighted by molar-refractivity contribution is 0.0602. The molecule has 0 radical (unpaired) electrons. The second kappa shape index (κ2) is 6.43. The van der Waals surface area contributed by atoms with E-state index in [4.69, 9.17) is 4.74 Å². The van der Waals surface area contributed by atoms with E-state index in [0.29, 0.717) is 17.7 Å². The van der Waals surface area contributed by atoms with Gasteiger partial charge < -0.3 is 15.4 Å². The Hall–Kier alpha value is -2.96. The summed E-state index contributed by atoms with van der Waals surface area (Å²) >= 11 is 0. The third kappa shape index (κ3) is 3.63. The molecule has 3 rings (SSSR count). The van der Waals surface area contributed by atoms with E-state index in [0.717, 1.165) is 12.8 Å². The van der Waals surface area contributed by atoms with E-state index in [9.17, 15) is 9.59 Å². The zero-order chi connectivity index (χ0) is 16.2. The molecule has 1 aromatic heterocycles. The molecule has 2 N–H and O–H groups in total. The Balaban J connectivity index is 1.78. The first-order valence-electron chi connectivity index (χ1n) is 7.25. The molecule has 1 heterocycles. The molecular weight excluding hydrogens is 296 g/mol.